The first-order valence-corrected chi connectivity index (χ1v) is 16.8. The van der Waals surface area contributed by atoms with Gasteiger partial charge in [-0.25, -0.2) is 21.6 Å². The highest BCUT2D eigenvalue weighted by atomic mass is 35.5. The Hall–Kier alpha value is -2.96. The number of nitrogens with zero attached hydrogens (tertiary/aromatic N) is 2. The molecular weight excluding hydrogens is 611 g/mol. The Kier molecular flexibility index (Phi) is 7.59. The standard InChI is InChI=1S/C29H27ClF3N3O4S2/c30-23-14-19(27(32)33)15-34-24(23)16-35-28(37)18-3-8-25-22(13-18)29(9-11-41(38)12-10-29)26(17-1-2-17)36(25)42(39,40)21-6-4-20(31)5-7-21/h3-8,13-15,17,26-27H,1-2,9-12,16H2,(H,35,37). The summed E-state index contributed by atoms with van der Waals surface area (Å²) < 4.78 is 81.7. The predicted molar refractivity (Wildman–Crippen MR) is 153 cm³/mol. The molecule has 0 bridgehead atoms. The summed E-state index contributed by atoms with van der Waals surface area (Å²) >= 11 is 6.10. The minimum atomic E-state index is -4.09. The van der Waals surface area contributed by atoms with Gasteiger partial charge in [0.15, 0.2) is 0 Å². The lowest BCUT2D eigenvalue weighted by Gasteiger charge is -2.41. The van der Waals surface area contributed by atoms with E-state index in [9.17, 15) is 30.6 Å². The summed E-state index contributed by atoms with van der Waals surface area (Å²) in [5.41, 5.74) is 0.740. The molecule has 2 fully saturated rings. The largest absolute Gasteiger partial charge is 0.346 e. The quantitative estimate of drug-likeness (QED) is 0.369. The van der Waals surface area contributed by atoms with Crippen molar-refractivity contribution >= 4 is 44.0 Å². The van der Waals surface area contributed by atoms with Crippen LogP contribution < -0.4 is 9.62 Å². The number of pyridine rings is 1. The third-order valence-corrected chi connectivity index (χ3v) is 11.9. The van der Waals surface area contributed by atoms with Crippen LogP contribution in [0.5, 0.6) is 0 Å². The molecule has 1 saturated heterocycles. The van der Waals surface area contributed by atoms with Gasteiger partial charge < -0.3 is 5.32 Å². The number of amides is 1. The van der Waals surface area contributed by atoms with Crippen LogP contribution >= 0.6 is 11.6 Å². The number of aromatic nitrogens is 1. The summed E-state index contributed by atoms with van der Waals surface area (Å²) in [6, 6.07) is 10.3. The van der Waals surface area contributed by atoms with Crippen molar-refractivity contribution in [3.8, 4) is 0 Å². The fourth-order valence-electron chi connectivity index (χ4n) is 6.24. The minimum Gasteiger partial charge on any atom is -0.346 e. The second-order valence-electron chi connectivity index (χ2n) is 11.0. The SMILES string of the molecule is O=C(NCc1ncc(C(F)F)cc1Cl)c1ccc2c(c1)C1(CCS(=O)CC1)C(C1CC1)N2S(=O)(=O)c1ccc(F)cc1. The van der Waals surface area contributed by atoms with Crippen LogP contribution in [0, 0.1) is 11.7 Å². The number of rotatable bonds is 7. The predicted octanol–water partition coefficient (Wildman–Crippen LogP) is 5.51. The molecule has 2 aliphatic heterocycles. The highest BCUT2D eigenvalue weighted by molar-refractivity contribution is 7.93. The number of anilines is 1. The second-order valence-corrected chi connectivity index (χ2v) is 14.9. The molecule has 1 aliphatic carbocycles. The highest BCUT2D eigenvalue weighted by Gasteiger charge is 2.60. The van der Waals surface area contributed by atoms with Gasteiger partial charge >= 0.3 is 0 Å². The summed E-state index contributed by atoms with van der Waals surface area (Å²) in [4.78, 5) is 17.2. The fourth-order valence-corrected chi connectivity index (χ4v) is 9.66. The van der Waals surface area contributed by atoms with E-state index in [0.29, 0.717) is 35.6 Å². The Morgan fingerprint density at radius 3 is 2.43 bits per heavy atom. The van der Waals surface area contributed by atoms with Gasteiger partial charge in [-0.05, 0) is 85.7 Å². The lowest BCUT2D eigenvalue weighted by molar-refractivity contribution is 0.0950. The van der Waals surface area contributed by atoms with Gasteiger partial charge in [-0.1, -0.05) is 11.6 Å². The van der Waals surface area contributed by atoms with Crippen LogP contribution in [0.4, 0.5) is 18.9 Å². The monoisotopic (exact) mass is 637 g/mol. The Bertz CT molecular complexity index is 1670. The number of carbonyl (C=O) groups excluding carboxylic acids is 1. The normalized spacial score (nSPS) is 23.8. The van der Waals surface area contributed by atoms with Crippen molar-refractivity contribution < 1.29 is 30.6 Å². The van der Waals surface area contributed by atoms with E-state index in [1.165, 1.54) is 16.4 Å². The van der Waals surface area contributed by atoms with Gasteiger partial charge in [-0.3, -0.25) is 18.3 Å². The third kappa shape index (κ3) is 5.11. The van der Waals surface area contributed by atoms with Gasteiger partial charge in [-0.15, -0.1) is 0 Å². The number of carbonyl (C=O) groups is 1. The molecule has 7 nitrogen and oxygen atoms in total. The molecule has 1 N–H and O–H groups in total. The van der Waals surface area contributed by atoms with Crippen molar-refractivity contribution in [3.05, 3.63) is 88.0 Å². The van der Waals surface area contributed by atoms with E-state index in [2.05, 4.69) is 10.3 Å². The smallest absolute Gasteiger partial charge is 0.265 e. The maximum Gasteiger partial charge on any atom is 0.265 e. The number of hydrogen-bond donors (Lipinski definition) is 1. The molecule has 222 valence electrons. The number of fused-ring (bicyclic) bond motifs is 2. The van der Waals surface area contributed by atoms with Crippen LogP contribution in [0.1, 0.15) is 59.3 Å². The number of alkyl halides is 2. The summed E-state index contributed by atoms with van der Waals surface area (Å²) in [5, 5.41) is 2.73. The van der Waals surface area contributed by atoms with Gasteiger partial charge in [0, 0.05) is 45.0 Å². The zero-order valence-corrected chi connectivity index (χ0v) is 24.6. The molecule has 6 rings (SSSR count). The molecule has 1 amide bonds. The fraction of sp³-hybridized carbons (Fsp3) is 0.379. The topological polar surface area (TPSA) is 96.4 Å². The number of benzene rings is 2. The van der Waals surface area contributed by atoms with Crippen molar-refractivity contribution in [2.75, 3.05) is 15.8 Å². The van der Waals surface area contributed by atoms with Crippen molar-refractivity contribution in [1.82, 2.24) is 10.3 Å². The molecule has 42 heavy (non-hydrogen) atoms. The number of nitrogens with one attached hydrogen (secondary N) is 1. The summed E-state index contributed by atoms with van der Waals surface area (Å²) in [7, 11) is -5.11. The van der Waals surface area contributed by atoms with Crippen LogP contribution in [-0.2, 0) is 32.8 Å². The molecule has 2 aromatic carbocycles. The zero-order valence-electron chi connectivity index (χ0n) is 22.2. The lowest BCUT2D eigenvalue weighted by Crippen LogP contribution is -2.51. The van der Waals surface area contributed by atoms with E-state index in [4.69, 9.17) is 11.6 Å². The summed E-state index contributed by atoms with van der Waals surface area (Å²) in [6.07, 6.45) is 1.00. The minimum absolute atomic E-state index is 0.00475. The van der Waals surface area contributed by atoms with Crippen molar-refractivity contribution in [1.29, 1.82) is 0 Å². The molecule has 13 heteroatoms. The van der Waals surface area contributed by atoms with Gasteiger partial charge in [0.05, 0.1) is 33.9 Å². The van der Waals surface area contributed by atoms with Crippen molar-refractivity contribution in [2.24, 2.45) is 5.92 Å². The van der Waals surface area contributed by atoms with Gasteiger partial charge in [0.1, 0.15) is 5.82 Å². The average Bonchev–Trinajstić information content (AvgIpc) is 3.77. The number of sulfonamides is 1. The summed E-state index contributed by atoms with van der Waals surface area (Å²) in [6.45, 7) is -0.0990. The van der Waals surface area contributed by atoms with Crippen molar-refractivity contribution in [3.63, 3.8) is 0 Å². The van der Waals surface area contributed by atoms with Crippen LogP contribution in [0.25, 0.3) is 0 Å². The molecule has 3 heterocycles. The van der Waals surface area contributed by atoms with E-state index in [-0.39, 0.29) is 39.2 Å². The first-order chi connectivity index (χ1) is 20.0. The number of hydrogen-bond acceptors (Lipinski definition) is 5. The van der Waals surface area contributed by atoms with Crippen LogP contribution in [0.2, 0.25) is 5.02 Å². The average molecular weight is 638 g/mol. The van der Waals surface area contributed by atoms with E-state index in [0.717, 1.165) is 37.2 Å². The molecule has 3 aromatic rings. The van der Waals surface area contributed by atoms with Gasteiger partial charge in [0.2, 0.25) is 0 Å². The van der Waals surface area contributed by atoms with Crippen LogP contribution in [0.15, 0.2) is 59.6 Å². The Balaban J connectivity index is 1.37. The molecular formula is C29H27ClF3N3O4S2. The maximum absolute atomic E-state index is 14.1. The number of halogens is 4. The Morgan fingerprint density at radius 2 is 1.81 bits per heavy atom. The molecule has 1 unspecified atom stereocenters. The van der Waals surface area contributed by atoms with E-state index >= 15 is 0 Å². The van der Waals surface area contributed by atoms with Gasteiger partial charge in [-0.2, -0.15) is 0 Å². The molecule has 1 atom stereocenters. The van der Waals surface area contributed by atoms with E-state index < -0.39 is 50.4 Å². The van der Waals surface area contributed by atoms with Gasteiger partial charge in [0.25, 0.3) is 22.4 Å². The summed E-state index contributed by atoms with van der Waals surface area (Å²) in [5.74, 6) is -0.0744. The van der Waals surface area contributed by atoms with E-state index in [1.807, 2.05) is 0 Å². The molecule has 1 aromatic heterocycles. The molecule has 1 spiro atoms. The van der Waals surface area contributed by atoms with Crippen LogP contribution in [0.3, 0.4) is 0 Å². The maximum atomic E-state index is 14.1. The van der Waals surface area contributed by atoms with E-state index in [1.54, 1.807) is 18.2 Å². The Morgan fingerprint density at radius 1 is 1.12 bits per heavy atom. The first-order valence-electron chi connectivity index (χ1n) is 13.5. The Labute approximate surface area is 249 Å². The first kappa shape index (κ1) is 29.1. The molecule has 3 aliphatic rings. The van der Waals surface area contributed by atoms with Crippen molar-refractivity contribution in [2.45, 2.75) is 55.0 Å². The second kappa shape index (κ2) is 10.9. The molecule has 0 radical (unpaired) electrons. The van der Waals surface area contributed by atoms with Crippen LogP contribution in [-0.4, -0.2) is 41.1 Å². The zero-order chi connectivity index (χ0) is 29.8. The highest BCUT2D eigenvalue weighted by Crippen LogP contribution is 2.59. The third-order valence-electron chi connectivity index (χ3n) is 8.45. The lowest BCUT2D eigenvalue weighted by atomic mass is 9.70. The molecule has 1 saturated carbocycles.